The molecule has 0 fully saturated rings. The number of benzene rings is 2. The minimum absolute atomic E-state index is 0.0914. The number of aromatic nitrogens is 2. The van der Waals surface area contributed by atoms with E-state index in [-0.39, 0.29) is 12.5 Å². The first-order chi connectivity index (χ1) is 15.2. The van der Waals surface area contributed by atoms with Crippen LogP contribution in [0, 0.1) is 13.8 Å². The van der Waals surface area contributed by atoms with Crippen LogP contribution >= 0.6 is 0 Å². The van der Waals surface area contributed by atoms with E-state index in [2.05, 4.69) is 5.10 Å². The highest BCUT2D eigenvalue weighted by Gasteiger charge is 2.33. The predicted molar refractivity (Wildman–Crippen MR) is 124 cm³/mol. The molecule has 0 bridgehead atoms. The highest BCUT2D eigenvalue weighted by atomic mass is 32.2. The number of hydrogen-bond donors (Lipinski definition) is 0. The van der Waals surface area contributed by atoms with E-state index in [1.165, 1.54) is 11.2 Å². The first kappa shape index (κ1) is 22.2. The average Bonchev–Trinajstić information content (AvgIpc) is 3.09. The van der Waals surface area contributed by atoms with Crippen molar-refractivity contribution >= 4 is 21.6 Å². The molecule has 0 saturated carbocycles. The van der Waals surface area contributed by atoms with Crippen molar-refractivity contribution in [3.63, 3.8) is 0 Å². The van der Waals surface area contributed by atoms with Crippen LogP contribution in [0.15, 0.2) is 53.4 Å². The Morgan fingerprint density at radius 2 is 1.84 bits per heavy atom. The van der Waals surface area contributed by atoms with E-state index in [0.29, 0.717) is 24.4 Å². The van der Waals surface area contributed by atoms with E-state index in [4.69, 9.17) is 0 Å². The van der Waals surface area contributed by atoms with E-state index in [0.717, 1.165) is 33.8 Å². The van der Waals surface area contributed by atoms with Gasteiger partial charge in [-0.25, -0.2) is 8.42 Å². The fourth-order valence-corrected chi connectivity index (χ4v) is 5.96. The number of hydrogen-bond acceptors (Lipinski definition) is 4. The molecule has 1 amide bonds. The molecule has 2 heterocycles. The fourth-order valence-electron chi connectivity index (χ4n) is 4.24. The number of rotatable bonds is 5. The number of para-hydroxylation sites is 1. The summed E-state index contributed by atoms with van der Waals surface area (Å²) in [6.45, 7) is 6.18. The molecule has 1 aliphatic heterocycles. The number of fused-ring (bicyclic) bond motifs is 1. The molecular formula is C24H28N4O3S. The van der Waals surface area contributed by atoms with Gasteiger partial charge in [-0.15, -0.1) is 0 Å². The third-order valence-corrected chi connectivity index (χ3v) is 7.99. The Labute approximate surface area is 189 Å². The quantitative estimate of drug-likeness (QED) is 0.595. The second-order valence-corrected chi connectivity index (χ2v) is 10.2. The van der Waals surface area contributed by atoms with Crippen molar-refractivity contribution in [1.82, 2.24) is 14.1 Å². The van der Waals surface area contributed by atoms with Gasteiger partial charge in [-0.2, -0.15) is 9.40 Å². The lowest BCUT2D eigenvalue weighted by Gasteiger charge is -2.28. The van der Waals surface area contributed by atoms with Crippen LogP contribution in [0.5, 0.6) is 0 Å². The molecule has 32 heavy (non-hydrogen) atoms. The third kappa shape index (κ3) is 4.08. The zero-order valence-electron chi connectivity index (χ0n) is 18.9. The molecule has 0 saturated heterocycles. The molecule has 2 aromatic carbocycles. The Morgan fingerprint density at radius 3 is 2.53 bits per heavy atom. The molecule has 0 aliphatic carbocycles. The summed E-state index contributed by atoms with van der Waals surface area (Å²) in [6, 6.07) is 14.9. The molecule has 0 spiro atoms. The molecular weight excluding hydrogens is 424 g/mol. The van der Waals surface area contributed by atoms with Gasteiger partial charge in [-0.1, -0.05) is 30.3 Å². The van der Waals surface area contributed by atoms with Crippen LogP contribution in [-0.4, -0.2) is 35.0 Å². The first-order valence-electron chi connectivity index (χ1n) is 10.6. The molecule has 0 N–H and O–H groups in total. The van der Waals surface area contributed by atoms with Crippen molar-refractivity contribution in [3.8, 4) is 0 Å². The van der Waals surface area contributed by atoms with Crippen LogP contribution in [0.4, 0.5) is 5.69 Å². The highest BCUT2D eigenvalue weighted by molar-refractivity contribution is 7.89. The molecule has 4 rings (SSSR count). The third-order valence-electron chi connectivity index (χ3n) is 6.01. The van der Waals surface area contributed by atoms with Gasteiger partial charge < -0.3 is 4.90 Å². The van der Waals surface area contributed by atoms with Gasteiger partial charge in [0.15, 0.2) is 0 Å². The van der Waals surface area contributed by atoms with E-state index in [9.17, 15) is 13.2 Å². The average molecular weight is 453 g/mol. The maximum absolute atomic E-state index is 13.5. The van der Waals surface area contributed by atoms with Crippen molar-refractivity contribution in [2.24, 2.45) is 7.05 Å². The monoisotopic (exact) mass is 452 g/mol. The zero-order chi connectivity index (χ0) is 23.0. The number of amides is 1. The lowest BCUT2D eigenvalue weighted by molar-refractivity contribution is -0.116. The standard InChI is InChI=1S/C24H28N4O3S/c1-17-10-11-18(2)24(14-17)32(30,31)27-13-12-23-21(15-27)22(25-26(23)4)16-28(19(3)29)20-8-6-5-7-9-20/h5-11,14H,12-13,15-16H2,1-4H3. The molecule has 8 heteroatoms. The van der Waals surface area contributed by atoms with Gasteiger partial charge in [-0.3, -0.25) is 9.48 Å². The number of aryl methyl sites for hydroxylation is 3. The summed E-state index contributed by atoms with van der Waals surface area (Å²) in [4.78, 5) is 14.4. The Bertz CT molecular complexity index is 1270. The Morgan fingerprint density at radius 1 is 1.12 bits per heavy atom. The van der Waals surface area contributed by atoms with Crippen LogP contribution in [-0.2, 0) is 41.4 Å². The van der Waals surface area contributed by atoms with Gasteiger partial charge in [0.2, 0.25) is 15.9 Å². The van der Waals surface area contributed by atoms with Gasteiger partial charge in [-0.05, 0) is 43.2 Å². The van der Waals surface area contributed by atoms with E-state index < -0.39 is 10.0 Å². The zero-order valence-corrected chi connectivity index (χ0v) is 19.7. The number of anilines is 1. The summed E-state index contributed by atoms with van der Waals surface area (Å²) in [5.41, 5.74) is 5.06. The minimum Gasteiger partial charge on any atom is -0.307 e. The molecule has 0 atom stereocenters. The van der Waals surface area contributed by atoms with Crippen LogP contribution in [0.25, 0.3) is 0 Å². The number of nitrogens with zero attached hydrogens (tertiary/aromatic N) is 4. The smallest absolute Gasteiger partial charge is 0.243 e. The summed E-state index contributed by atoms with van der Waals surface area (Å²) in [5.74, 6) is -0.0914. The topological polar surface area (TPSA) is 75.5 Å². The second-order valence-electron chi connectivity index (χ2n) is 8.29. The maximum atomic E-state index is 13.5. The number of carbonyl (C=O) groups is 1. The summed E-state index contributed by atoms with van der Waals surface area (Å²) in [6.07, 6.45) is 0.578. The van der Waals surface area contributed by atoms with Gasteiger partial charge in [0.05, 0.1) is 17.1 Å². The first-order valence-corrected chi connectivity index (χ1v) is 12.1. The van der Waals surface area contributed by atoms with E-state index >= 15 is 0 Å². The molecule has 1 aromatic heterocycles. The lowest BCUT2D eigenvalue weighted by Crippen LogP contribution is -2.37. The lowest BCUT2D eigenvalue weighted by atomic mass is 10.1. The molecule has 0 radical (unpaired) electrons. The van der Waals surface area contributed by atoms with Crippen molar-refractivity contribution in [1.29, 1.82) is 0 Å². The van der Waals surface area contributed by atoms with Crippen LogP contribution < -0.4 is 4.90 Å². The highest BCUT2D eigenvalue weighted by Crippen LogP contribution is 2.30. The van der Waals surface area contributed by atoms with Crippen LogP contribution in [0.1, 0.15) is 35.0 Å². The van der Waals surface area contributed by atoms with Crippen molar-refractivity contribution in [2.45, 2.75) is 45.2 Å². The van der Waals surface area contributed by atoms with Crippen molar-refractivity contribution in [3.05, 3.63) is 76.6 Å². The maximum Gasteiger partial charge on any atom is 0.243 e. The van der Waals surface area contributed by atoms with Crippen LogP contribution in [0.3, 0.4) is 0 Å². The van der Waals surface area contributed by atoms with Crippen molar-refractivity contribution in [2.75, 3.05) is 11.4 Å². The van der Waals surface area contributed by atoms with Gasteiger partial charge in [0.25, 0.3) is 0 Å². The second kappa shape index (κ2) is 8.52. The normalized spacial score (nSPS) is 14.2. The molecule has 3 aromatic rings. The van der Waals surface area contributed by atoms with Crippen molar-refractivity contribution < 1.29 is 13.2 Å². The minimum atomic E-state index is -3.65. The molecule has 7 nitrogen and oxygen atoms in total. The predicted octanol–water partition coefficient (Wildman–Crippen LogP) is 3.34. The molecule has 168 valence electrons. The molecule has 1 aliphatic rings. The van der Waals surface area contributed by atoms with Gasteiger partial charge in [0, 0.05) is 50.4 Å². The van der Waals surface area contributed by atoms with Gasteiger partial charge >= 0.3 is 0 Å². The Balaban J connectivity index is 1.68. The summed E-state index contributed by atoms with van der Waals surface area (Å²) in [7, 11) is -1.77. The summed E-state index contributed by atoms with van der Waals surface area (Å²) in [5, 5.41) is 4.66. The largest absolute Gasteiger partial charge is 0.307 e. The number of carbonyl (C=O) groups excluding carboxylic acids is 1. The van der Waals surface area contributed by atoms with E-state index in [1.54, 1.807) is 11.0 Å². The molecule has 0 unspecified atom stereocenters. The fraction of sp³-hybridized carbons (Fsp3) is 0.333. The number of sulfonamides is 1. The summed E-state index contributed by atoms with van der Waals surface area (Å²) < 4.78 is 30.3. The Hall–Kier alpha value is -2.97. The Kier molecular flexibility index (Phi) is 5.92. The SMILES string of the molecule is CC(=O)N(Cc1nn(C)c2c1CN(S(=O)(=O)c1cc(C)ccc1C)CC2)c1ccccc1. The van der Waals surface area contributed by atoms with Gasteiger partial charge in [0.1, 0.15) is 0 Å². The summed E-state index contributed by atoms with van der Waals surface area (Å²) >= 11 is 0. The van der Waals surface area contributed by atoms with Crippen LogP contribution in [0.2, 0.25) is 0 Å². The van der Waals surface area contributed by atoms with E-state index in [1.807, 2.05) is 68.0 Å².